The molecule has 86 valence electrons. The highest BCUT2D eigenvalue weighted by atomic mass is 32.1. The van der Waals surface area contributed by atoms with Gasteiger partial charge in [-0.3, -0.25) is 0 Å². The van der Waals surface area contributed by atoms with E-state index >= 15 is 0 Å². The summed E-state index contributed by atoms with van der Waals surface area (Å²) in [7, 11) is 3.44. The van der Waals surface area contributed by atoms with Gasteiger partial charge in [-0.2, -0.15) is 5.10 Å². The van der Waals surface area contributed by atoms with Crippen LogP contribution in [0, 0.1) is 6.92 Å². The van der Waals surface area contributed by atoms with E-state index in [-0.39, 0.29) is 6.61 Å². The second kappa shape index (κ2) is 4.23. The lowest BCUT2D eigenvalue weighted by molar-refractivity contribution is 0.285. The maximum atomic E-state index is 9.02. The first kappa shape index (κ1) is 11.1. The largest absolute Gasteiger partial charge is 0.481 e. The van der Waals surface area contributed by atoms with Crippen molar-refractivity contribution in [2.75, 3.05) is 7.11 Å². The van der Waals surface area contributed by atoms with Gasteiger partial charge in [0.15, 0.2) is 0 Å². The summed E-state index contributed by atoms with van der Waals surface area (Å²) in [6, 6.07) is 0. The number of ether oxygens (including phenoxy) is 1. The molecular weight excluding hydrogens is 226 g/mol. The van der Waals surface area contributed by atoms with E-state index in [1.54, 1.807) is 18.0 Å². The fraction of sp³-hybridized carbons (Fsp3) is 0.400. The van der Waals surface area contributed by atoms with Gasteiger partial charge < -0.3 is 9.84 Å². The molecule has 2 rings (SSSR count). The van der Waals surface area contributed by atoms with Crippen molar-refractivity contribution < 1.29 is 9.84 Å². The van der Waals surface area contributed by atoms with E-state index in [0.717, 1.165) is 21.1 Å². The van der Waals surface area contributed by atoms with Crippen molar-refractivity contribution in [1.29, 1.82) is 0 Å². The van der Waals surface area contributed by atoms with Crippen molar-refractivity contribution in [3.8, 4) is 16.5 Å². The Kier molecular flexibility index (Phi) is 2.93. The molecule has 0 aliphatic heterocycles. The summed E-state index contributed by atoms with van der Waals surface area (Å²) in [5.74, 6) is 0.691. The maximum absolute atomic E-state index is 9.02. The van der Waals surface area contributed by atoms with E-state index in [2.05, 4.69) is 10.1 Å². The monoisotopic (exact) mass is 239 g/mol. The number of hydrogen-bond donors (Lipinski definition) is 1. The third-order valence-electron chi connectivity index (χ3n) is 2.29. The number of aliphatic hydroxyl groups excluding tert-OH is 1. The van der Waals surface area contributed by atoms with Gasteiger partial charge in [-0.25, -0.2) is 9.67 Å². The summed E-state index contributed by atoms with van der Waals surface area (Å²) < 4.78 is 6.98. The number of hydrogen-bond acceptors (Lipinski definition) is 5. The molecule has 2 aromatic rings. The topological polar surface area (TPSA) is 60.2 Å². The van der Waals surface area contributed by atoms with Crippen molar-refractivity contribution in [1.82, 2.24) is 14.8 Å². The predicted molar refractivity (Wildman–Crippen MR) is 61.5 cm³/mol. The van der Waals surface area contributed by atoms with Gasteiger partial charge in [0.25, 0.3) is 0 Å². The van der Waals surface area contributed by atoms with Gasteiger partial charge in [0, 0.05) is 13.2 Å². The highest BCUT2D eigenvalue weighted by Crippen LogP contribution is 2.35. The molecule has 0 aromatic carbocycles. The molecule has 2 heterocycles. The Morgan fingerprint density at radius 1 is 1.56 bits per heavy atom. The normalized spacial score (nSPS) is 10.8. The first-order chi connectivity index (χ1) is 7.67. The van der Waals surface area contributed by atoms with Crippen LogP contribution in [-0.2, 0) is 13.7 Å². The summed E-state index contributed by atoms with van der Waals surface area (Å²) in [5, 5.41) is 14.1. The Labute approximate surface area is 97.3 Å². The number of aromatic nitrogens is 3. The van der Waals surface area contributed by atoms with E-state index in [1.165, 1.54) is 11.3 Å². The Balaban J connectivity index is 2.54. The molecule has 0 saturated carbocycles. The van der Waals surface area contributed by atoms with Crippen molar-refractivity contribution in [2.24, 2.45) is 7.05 Å². The van der Waals surface area contributed by atoms with E-state index in [1.807, 2.05) is 14.0 Å². The molecule has 0 fully saturated rings. The highest BCUT2D eigenvalue weighted by molar-refractivity contribution is 7.15. The molecule has 0 bridgehead atoms. The Hall–Kier alpha value is -1.40. The van der Waals surface area contributed by atoms with Gasteiger partial charge in [-0.15, -0.1) is 11.3 Å². The zero-order valence-corrected chi connectivity index (χ0v) is 10.2. The van der Waals surface area contributed by atoms with E-state index in [0.29, 0.717) is 5.88 Å². The zero-order chi connectivity index (χ0) is 11.7. The molecule has 6 heteroatoms. The summed E-state index contributed by atoms with van der Waals surface area (Å²) in [6.07, 6.45) is 1.67. The van der Waals surface area contributed by atoms with Gasteiger partial charge in [0.05, 0.1) is 29.9 Å². The molecule has 5 nitrogen and oxygen atoms in total. The molecule has 0 aliphatic rings. The Morgan fingerprint density at radius 3 is 2.88 bits per heavy atom. The van der Waals surface area contributed by atoms with Crippen LogP contribution >= 0.6 is 11.3 Å². The fourth-order valence-electron chi connectivity index (χ4n) is 1.61. The van der Waals surface area contributed by atoms with Crippen LogP contribution in [0.15, 0.2) is 6.20 Å². The van der Waals surface area contributed by atoms with E-state index in [9.17, 15) is 0 Å². The molecule has 0 spiro atoms. The smallest absolute Gasteiger partial charge is 0.222 e. The lowest BCUT2D eigenvalue weighted by Crippen LogP contribution is -1.95. The van der Waals surface area contributed by atoms with Gasteiger partial charge in [0.1, 0.15) is 5.01 Å². The second-order valence-corrected chi connectivity index (χ2v) is 4.50. The molecule has 0 unspecified atom stereocenters. The minimum absolute atomic E-state index is 0.0132. The number of aliphatic hydroxyl groups is 1. The van der Waals surface area contributed by atoms with Crippen molar-refractivity contribution in [3.63, 3.8) is 0 Å². The van der Waals surface area contributed by atoms with Gasteiger partial charge in [-0.1, -0.05) is 0 Å². The maximum Gasteiger partial charge on any atom is 0.222 e. The van der Waals surface area contributed by atoms with E-state index < -0.39 is 0 Å². The molecule has 1 N–H and O–H groups in total. The van der Waals surface area contributed by atoms with Crippen LogP contribution in [0.3, 0.4) is 0 Å². The molecule has 16 heavy (non-hydrogen) atoms. The Morgan fingerprint density at radius 2 is 2.31 bits per heavy atom. The van der Waals surface area contributed by atoms with Crippen LogP contribution in [0.4, 0.5) is 0 Å². The molecule has 0 saturated heterocycles. The number of nitrogens with zero attached hydrogens (tertiary/aromatic N) is 3. The number of thiazole rings is 1. The second-order valence-electron chi connectivity index (χ2n) is 3.38. The molecular formula is C10H13N3O2S. The predicted octanol–water partition coefficient (Wildman–Crippen LogP) is 1.35. The quantitative estimate of drug-likeness (QED) is 0.878. The van der Waals surface area contributed by atoms with Crippen LogP contribution in [0.1, 0.15) is 10.6 Å². The molecule has 0 aliphatic carbocycles. The third-order valence-corrected chi connectivity index (χ3v) is 3.29. The number of methoxy groups -OCH3 is 1. The highest BCUT2D eigenvalue weighted by Gasteiger charge is 2.18. The van der Waals surface area contributed by atoms with Crippen LogP contribution < -0.4 is 4.74 Å². The lowest BCUT2D eigenvalue weighted by Gasteiger charge is -2.01. The van der Waals surface area contributed by atoms with Crippen LogP contribution in [0.5, 0.6) is 5.88 Å². The average molecular weight is 239 g/mol. The zero-order valence-electron chi connectivity index (χ0n) is 9.39. The summed E-state index contributed by atoms with van der Waals surface area (Å²) in [4.78, 5) is 5.10. The summed E-state index contributed by atoms with van der Waals surface area (Å²) >= 11 is 1.45. The first-order valence-electron chi connectivity index (χ1n) is 4.81. The fourth-order valence-corrected chi connectivity index (χ4v) is 2.47. The molecule has 0 radical (unpaired) electrons. The lowest BCUT2D eigenvalue weighted by atomic mass is 10.2. The van der Waals surface area contributed by atoms with Crippen LogP contribution in [-0.4, -0.2) is 27.0 Å². The van der Waals surface area contributed by atoms with E-state index in [4.69, 9.17) is 9.84 Å². The van der Waals surface area contributed by atoms with Gasteiger partial charge >= 0.3 is 0 Å². The van der Waals surface area contributed by atoms with Gasteiger partial charge in [0.2, 0.25) is 5.88 Å². The third kappa shape index (κ3) is 1.70. The average Bonchev–Trinajstić information content (AvgIpc) is 2.82. The van der Waals surface area contributed by atoms with Crippen molar-refractivity contribution >= 4 is 11.3 Å². The molecule has 0 amide bonds. The first-order valence-corrected chi connectivity index (χ1v) is 5.62. The van der Waals surface area contributed by atoms with Crippen molar-refractivity contribution in [2.45, 2.75) is 13.5 Å². The standard InChI is InChI=1S/C10H13N3O2S/c1-6-8(10(15-3)13(2)12-6)9-11-4-7(5-14)16-9/h4,14H,5H2,1-3H3. The van der Waals surface area contributed by atoms with Gasteiger partial charge in [-0.05, 0) is 6.92 Å². The minimum Gasteiger partial charge on any atom is -0.481 e. The van der Waals surface area contributed by atoms with Crippen molar-refractivity contribution in [3.05, 3.63) is 16.8 Å². The number of rotatable bonds is 3. The Bertz CT molecular complexity index is 504. The summed E-state index contributed by atoms with van der Waals surface area (Å²) in [5.41, 5.74) is 1.77. The SMILES string of the molecule is COc1c(-c2ncc(CO)s2)c(C)nn1C. The van der Waals surface area contributed by atoms with Crippen LogP contribution in [0.25, 0.3) is 10.6 Å². The summed E-state index contributed by atoms with van der Waals surface area (Å²) in [6.45, 7) is 1.93. The van der Waals surface area contributed by atoms with Crippen LogP contribution in [0.2, 0.25) is 0 Å². The minimum atomic E-state index is 0.0132. The molecule has 0 atom stereocenters. The number of aryl methyl sites for hydroxylation is 2. The molecule has 2 aromatic heterocycles.